The number of fused-ring (bicyclic) bond motifs is 1. The lowest BCUT2D eigenvalue weighted by Crippen LogP contribution is -2.60. The van der Waals surface area contributed by atoms with Gasteiger partial charge in [-0.2, -0.15) is 11.8 Å². The fourth-order valence-electron chi connectivity index (χ4n) is 5.87. The average Bonchev–Trinajstić information content (AvgIpc) is 3.56. The number of carbonyl (C=O) groups excluding carboxylic acids is 6. The lowest BCUT2D eigenvalue weighted by Gasteiger charge is -2.28. The van der Waals surface area contributed by atoms with E-state index in [4.69, 9.17) is 17.2 Å². The van der Waals surface area contributed by atoms with Crippen molar-refractivity contribution in [3.05, 3.63) is 65.9 Å². The molecule has 0 unspecified atom stereocenters. The van der Waals surface area contributed by atoms with Gasteiger partial charge in [-0.05, 0) is 85.9 Å². The number of carbonyl (C=O) groups is 6. The van der Waals surface area contributed by atoms with Gasteiger partial charge in [-0.15, -0.1) is 0 Å². The molecule has 0 aliphatic heterocycles. The number of H-pyrrole nitrogens is 1. The molecule has 0 aliphatic rings. The number of amides is 6. The zero-order chi connectivity index (χ0) is 40.5. The highest BCUT2D eigenvalue weighted by molar-refractivity contribution is 7.98. The Labute approximate surface area is 325 Å². The highest BCUT2D eigenvalue weighted by atomic mass is 32.2. The molecule has 3 aromatic rings. The van der Waals surface area contributed by atoms with Crippen molar-refractivity contribution >= 4 is 58.1 Å². The molecule has 5 atom stereocenters. The number of primary amides is 1. The monoisotopic (exact) mass is 781 g/mol. The molecule has 300 valence electrons. The normalized spacial score (nSPS) is 13.9. The van der Waals surface area contributed by atoms with Crippen LogP contribution in [0.4, 0.5) is 0 Å². The van der Waals surface area contributed by atoms with Crippen LogP contribution in [0.2, 0.25) is 0 Å². The minimum absolute atomic E-state index is 0.00816. The molecular formula is C38H55N9O7S. The van der Waals surface area contributed by atoms with Crippen LogP contribution in [0.5, 0.6) is 5.75 Å². The molecule has 13 N–H and O–H groups in total. The summed E-state index contributed by atoms with van der Waals surface area (Å²) in [5.41, 5.74) is 19.6. The summed E-state index contributed by atoms with van der Waals surface area (Å²) in [6, 6.07) is 8.30. The summed E-state index contributed by atoms with van der Waals surface area (Å²) < 4.78 is 0. The number of nitrogens with two attached hydrogens (primary N) is 3. The molecule has 0 aliphatic carbocycles. The lowest BCUT2D eigenvalue weighted by molar-refractivity contribution is -0.135. The Bertz CT molecular complexity index is 1750. The first-order chi connectivity index (χ1) is 26.2. The van der Waals surface area contributed by atoms with Gasteiger partial charge in [0.15, 0.2) is 0 Å². The molecule has 16 nitrogen and oxygen atoms in total. The second kappa shape index (κ2) is 22.3. The molecule has 2 aromatic carbocycles. The summed E-state index contributed by atoms with van der Waals surface area (Å²) in [7, 11) is 0. The van der Waals surface area contributed by atoms with Gasteiger partial charge >= 0.3 is 0 Å². The third kappa shape index (κ3) is 14.2. The Balaban J connectivity index is 1.83. The van der Waals surface area contributed by atoms with Crippen molar-refractivity contribution < 1.29 is 33.9 Å². The van der Waals surface area contributed by atoms with Crippen molar-refractivity contribution in [3.63, 3.8) is 0 Å². The lowest BCUT2D eigenvalue weighted by atomic mass is 10.0. The topological polar surface area (TPSA) is 277 Å². The molecule has 6 amide bonds. The number of phenols is 1. The minimum Gasteiger partial charge on any atom is -0.508 e. The van der Waals surface area contributed by atoms with Crippen LogP contribution >= 0.6 is 11.8 Å². The molecule has 0 fully saturated rings. The molecule has 1 heterocycles. The van der Waals surface area contributed by atoms with E-state index >= 15 is 0 Å². The number of aromatic amines is 1. The number of hydrogen-bond donors (Lipinski definition) is 10. The van der Waals surface area contributed by atoms with Crippen molar-refractivity contribution in [2.75, 3.05) is 25.1 Å². The first kappa shape index (κ1) is 44.3. The van der Waals surface area contributed by atoms with Crippen LogP contribution in [-0.2, 0) is 41.6 Å². The van der Waals surface area contributed by atoms with Gasteiger partial charge in [0.25, 0.3) is 0 Å². The zero-order valence-electron chi connectivity index (χ0n) is 31.6. The van der Waals surface area contributed by atoms with Crippen molar-refractivity contribution in [2.24, 2.45) is 23.1 Å². The Morgan fingerprint density at radius 1 is 0.782 bits per heavy atom. The fourth-order valence-corrected chi connectivity index (χ4v) is 6.34. The summed E-state index contributed by atoms with van der Waals surface area (Å²) in [5.74, 6) is -3.77. The van der Waals surface area contributed by atoms with Crippen LogP contribution < -0.4 is 43.8 Å². The number of aromatic hydroxyl groups is 1. The van der Waals surface area contributed by atoms with E-state index in [-0.39, 0.29) is 37.4 Å². The first-order valence-electron chi connectivity index (χ1n) is 18.3. The fraction of sp³-hybridized carbons (Fsp3) is 0.474. The predicted molar refractivity (Wildman–Crippen MR) is 212 cm³/mol. The molecule has 0 saturated heterocycles. The third-order valence-corrected chi connectivity index (χ3v) is 9.61. The van der Waals surface area contributed by atoms with Crippen LogP contribution in [0.25, 0.3) is 10.9 Å². The highest BCUT2D eigenvalue weighted by Crippen LogP contribution is 2.19. The van der Waals surface area contributed by atoms with Gasteiger partial charge in [0, 0.05) is 23.5 Å². The van der Waals surface area contributed by atoms with E-state index in [1.807, 2.05) is 30.5 Å². The van der Waals surface area contributed by atoms with Crippen molar-refractivity contribution in [1.29, 1.82) is 0 Å². The largest absolute Gasteiger partial charge is 0.508 e. The maximum Gasteiger partial charge on any atom is 0.243 e. The maximum absolute atomic E-state index is 14.0. The van der Waals surface area contributed by atoms with Gasteiger partial charge in [0.1, 0.15) is 29.9 Å². The molecule has 0 saturated carbocycles. The van der Waals surface area contributed by atoms with Crippen molar-refractivity contribution in [3.8, 4) is 5.75 Å². The van der Waals surface area contributed by atoms with Crippen LogP contribution in [0.15, 0.2) is 54.7 Å². The quantitative estimate of drug-likeness (QED) is 0.0578. The number of unbranched alkanes of at least 4 members (excludes halogenated alkanes) is 1. The summed E-state index contributed by atoms with van der Waals surface area (Å²) in [6.07, 6.45) is 5.32. The first-order valence-corrected chi connectivity index (χ1v) is 19.7. The van der Waals surface area contributed by atoms with Gasteiger partial charge in [-0.3, -0.25) is 28.8 Å². The van der Waals surface area contributed by atoms with Crippen LogP contribution in [-0.4, -0.2) is 101 Å². The minimum atomic E-state index is -1.23. The standard InChI is InChI=1S/C38H55N9O7S/c1-22(2)33(38(54)43-21-32(41)49)47-36(52)30(15-17-55-3)45-37(53)31(18-23-11-13-25(48)14-12-23)46-35(51)29(10-6-7-16-39)44-34(50)27(40)19-24-20-42-28-9-5-4-8-26(24)28/h4-5,8-9,11-14,20,22,27,29-31,33,42,48H,6-7,10,15-19,21,39-40H2,1-3H3,(H2,41,49)(H,43,54)(H,44,50)(H,45,53)(H,46,51)(H,47,52)/t27-,29-,30-,31-,33-/m0/s1. The summed E-state index contributed by atoms with van der Waals surface area (Å²) >= 11 is 1.45. The number of phenolic OH excluding ortho intramolecular Hbond substituents is 1. The molecule has 55 heavy (non-hydrogen) atoms. The zero-order valence-corrected chi connectivity index (χ0v) is 32.4. The molecule has 1 aromatic heterocycles. The Morgan fingerprint density at radius 3 is 2.05 bits per heavy atom. The smallest absolute Gasteiger partial charge is 0.243 e. The van der Waals surface area contributed by atoms with Crippen LogP contribution in [0.3, 0.4) is 0 Å². The van der Waals surface area contributed by atoms with E-state index in [1.54, 1.807) is 32.2 Å². The summed E-state index contributed by atoms with van der Waals surface area (Å²) in [6.45, 7) is 3.39. The van der Waals surface area contributed by atoms with E-state index in [2.05, 4.69) is 31.6 Å². The average molecular weight is 782 g/mol. The van der Waals surface area contributed by atoms with Gasteiger partial charge in [-0.25, -0.2) is 0 Å². The number of rotatable bonds is 23. The second-order valence-electron chi connectivity index (χ2n) is 13.7. The van der Waals surface area contributed by atoms with E-state index in [1.165, 1.54) is 23.9 Å². The molecule has 0 spiro atoms. The number of nitrogens with one attached hydrogen (secondary N) is 6. The Hall–Kier alpha value is -5.13. The van der Waals surface area contributed by atoms with Crippen LogP contribution in [0, 0.1) is 5.92 Å². The number of thioether (sulfide) groups is 1. The van der Waals surface area contributed by atoms with E-state index in [9.17, 15) is 33.9 Å². The number of hydrogen-bond acceptors (Lipinski definition) is 10. The number of para-hydroxylation sites is 1. The summed E-state index contributed by atoms with van der Waals surface area (Å²) in [4.78, 5) is 82.3. The Kier molecular flexibility index (Phi) is 17.9. The second-order valence-corrected chi connectivity index (χ2v) is 14.7. The SMILES string of the molecule is CSCC[C@H](NC(=O)[C@H](Cc1ccc(O)cc1)NC(=O)[C@H](CCCCN)NC(=O)[C@@H](N)Cc1c[nH]c2ccccc12)C(=O)N[C@H](C(=O)NCC(N)=O)C(C)C. The third-order valence-electron chi connectivity index (χ3n) is 8.97. The number of aromatic nitrogens is 1. The molecule has 0 radical (unpaired) electrons. The predicted octanol–water partition coefficient (Wildman–Crippen LogP) is 0.0648. The van der Waals surface area contributed by atoms with Crippen LogP contribution in [0.1, 0.15) is 50.7 Å². The Morgan fingerprint density at radius 2 is 1.40 bits per heavy atom. The molecular weight excluding hydrogens is 727 g/mol. The van der Waals surface area contributed by atoms with E-state index < -0.39 is 72.2 Å². The molecule has 17 heteroatoms. The molecule has 0 bridgehead atoms. The van der Waals surface area contributed by atoms with Gasteiger partial charge in [-0.1, -0.05) is 44.2 Å². The van der Waals surface area contributed by atoms with Gasteiger partial charge < -0.3 is 53.9 Å². The van der Waals surface area contributed by atoms with Gasteiger partial charge in [0.05, 0.1) is 12.6 Å². The van der Waals surface area contributed by atoms with Crippen molar-refractivity contribution in [2.45, 2.75) is 82.6 Å². The summed E-state index contributed by atoms with van der Waals surface area (Å²) in [5, 5.41) is 24.2. The van der Waals surface area contributed by atoms with Gasteiger partial charge in [0.2, 0.25) is 35.4 Å². The number of benzene rings is 2. The van der Waals surface area contributed by atoms with E-state index in [0.717, 1.165) is 16.5 Å². The highest BCUT2D eigenvalue weighted by Gasteiger charge is 2.33. The maximum atomic E-state index is 14.0. The van der Waals surface area contributed by atoms with E-state index in [0.29, 0.717) is 30.7 Å². The molecule has 3 rings (SSSR count). The van der Waals surface area contributed by atoms with Crippen molar-refractivity contribution in [1.82, 2.24) is 31.6 Å².